The number of rotatable bonds is 4. The number of carbonyl (C=O) groups is 1. The van der Waals surface area contributed by atoms with Crippen LogP contribution in [-0.2, 0) is 4.79 Å². The van der Waals surface area contributed by atoms with Gasteiger partial charge in [-0.15, -0.1) is 11.3 Å². The summed E-state index contributed by atoms with van der Waals surface area (Å²) in [6.45, 7) is 1.97. The van der Waals surface area contributed by atoms with Crippen LogP contribution in [0.1, 0.15) is 10.6 Å². The first-order valence-corrected chi connectivity index (χ1v) is 7.96. The molecule has 0 unspecified atom stereocenters. The van der Waals surface area contributed by atoms with Crippen LogP contribution in [0.15, 0.2) is 48.5 Å². The van der Waals surface area contributed by atoms with Gasteiger partial charge in [-0.25, -0.2) is 4.98 Å². The lowest BCUT2D eigenvalue weighted by molar-refractivity contribution is -0.111. The first kappa shape index (κ1) is 15.2. The molecule has 4 nitrogen and oxygen atoms in total. The maximum absolute atomic E-state index is 12.0. The number of hydrogen-bond donors (Lipinski definition) is 1. The second kappa shape index (κ2) is 6.62. The number of thiazole rings is 1. The molecule has 3 aromatic rings. The topological polar surface area (TPSA) is 51.2 Å². The molecule has 2 aromatic carbocycles. The van der Waals surface area contributed by atoms with E-state index in [1.807, 2.05) is 49.4 Å². The fraction of sp³-hybridized carbons (Fsp3) is 0.111. The van der Waals surface area contributed by atoms with Gasteiger partial charge in [0, 0.05) is 11.8 Å². The lowest BCUT2D eigenvalue weighted by Crippen LogP contribution is -2.07. The lowest BCUT2D eigenvalue weighted by atomic mass is 10.2. The van der Waals surface area contributed by atoms with Gasteiger partial charge in [0.25, 0.3) is 0 Å². The summed E-state index contributed by atoms with van der Waals surface area (Å²) in [6.07, 6.45) is 3.27. The van der Waals surface area contributed by atoms with Gasteiger partial charge in [-0.1, -0.05) is 12.1 Å². The molecule has 1 heterocycles. The summed E-state index contributed by atoms with van der Waals surface area (Å²) >= 11 is 1.61. The van der Waals surface area contributed by atoms with Crippen molar-refractivity contribution in [3.8, 4) is 5.75 Å². The summed E-state index contributed by atoms with van der Waals surface area (Å²) in [5.74, 6) is 0.590. The van der Waals surface area contributed by atoms with Gasteiger partial charge in [0.05, 0.1) is 22.3 Å². The summed E-state index contributed by atoms with van der Waals surface area (Å²) in [5.41, 5.74) is 2.63. The minimum absolute atomic E-state index is 0.173. The summed E-state index contributed by atoms with van der Waals surface area (Å²) < 4.78 is 6.23. The Balaban J connectivity index is 1.71. The molecule has 23 heavy (non-hydrogen) atoms. The molecular formula is C18H16N2O2S. The minimum atomic E-state index is -0.173. The number of carbonyl (C=O) groups excluding carboxylic acids is 1. The Bertz CT molecular complexity index is 884. The highest BCUT2D eigenvalue weighted by molar-refractivity contribution is 7.18. The van der Waals surface area contributed by atoms with Crippen molar-refractivity contribution in [2.75, 3.05) is 12.4 Å². The number of anilines is 1. The third-order valence-electron chi connectivity index (χ3n) is 3.28. The monoisotopic (exact) mass is 324 g/mol. The van der Waals surface area contributed by atoms with Crippen LogP contribution in [0, 0.1) is 6.92 Å². The number of ether oxygens (including phenoxy) is 1. The zero-order chi connectivity index (χ0) is 16.2. The summed E-state index contributed by atoms with van der Waals surface area (Å²) in [4.78, 5) is 16.4. The van der Waals surface area contributed by atoms with Crippen LogP contribution in [0.5, 0.6) is 5.75 Å². The smallest absolute Gasteiger partial charge is 0.248 e. The van der Waals surface area contributed by atoms with E-state index < -0.39 is 0 Å². The van der Waals surface area contributed by atoms with Crippen LogP contribution in [0.25, 0.3) is 16.3 Å². The number of amides is 1. The van der Waals surface area contributed by atoms with Gasteiger partial charge < -0.3 is 10.1 Å². The molecule has 3 rings (SSSR count). The van der Waals surface area contributed by atoms with Crippen molar-refractivity contribution < 1.29 is 9.53 Å². The molecule has 0 atom stereocenters. The van der Waals surface area contributed by atoms with Gasteiger partial charge in [0.15, 0.2) is 0 Å². The average Bonchev–Trinajstić information content (AvgIpc) is 2.92. The predicted octanol–water partition coefficient (Wildman–Crippen LogP) is 4.27. The highest BCUT2D eigenvalue weighted by atomic mass is 32.1. The van der Waals surface area contributed by atoms with E-state index in [0.717, 1.165) is 32.2 Å². The van der Waals surface area contributed by atoms with Crippen LogP contribution >= 0.6 is 11.3 Å². The van der Waals surface area contributed by atoms with Crippen LogP contribution < -0.4 is 10.1 Å². The molecular weight excluding hydrogens is 308 g/mol. The van der Waals surface area contributed by atoms with Crippen molar-refractivity contribution in [2.45, 2.75) is 6.92 Å². The fourth-order valence-electron chi connectivity index (χ4n) is 2.22. The largest absolute Gasteiger partial charge is 0.497 e. The van der Waals surface area contributed by atoms with Crippen LogP contribution in [0.3, 0.4) is 0 Å². The molecule has 1 N–H and O–H groups in total. The third-order valence-corrected chi connectivity index (χ3v) is 4.22. The normalized spacial score (nSPS) is 11.0. The number of aryl methyl sites for hydroxylation is 1. The Kier molecular flexibility index (Phi) is 4.39. The second-order valence-corrected chi connectivity index (χ2v) is 6.25. The molecule has 0 spiro atoms. The van der Waals surface area contributed by atoms with Crippen LogP contribution in [0.4, 0.5) is 5.69 Å². The minimum Gasteiger partial charge on any atom is -0.497 e. The molecule has 0 saturated carbocycles. The second-order valence-electron chi connectivity index (χ2n) is 5.01. The zero-order valence-electron chi connectivity index (χ0n) is 12.9. The number of benzene rings is 2. The van der Waals surface area contributed by atoms with Crippen molar-refractivity contribution in [1.29, 1.82) is 0 Å². The SMILES string of the molecule is COc1cccc(/C=C/C(=O)Nc2ccc3nc(C)sc3c2)c1. The van der Waals surface area contributed by atoms with E-state index in [2.05, 4.69) is 10.3 Å². The molecule has 1 amide bonds. The van der Waals surface area contributed by atoms with Crippen molar-refractivity contribution in [3.05, 3.63) is 59.1 Å². The maximum atomic E-state index is 12.0. The number of fused-ring (bicyclic) bond motifs is 1. The van der Waals surface area contributed by atoms with Crippen molar-refractivity contribution in [3.63, 3.8) is 0 Å². The van der Waals surface area contributed by atoms with E-state index in [4.69, 9.17) is 4.74 Å². The maximum Gasteiger partial charge on any atom is 0.248 e. The predicted molar refractivity (Wildman–Crippen MR) is 95.0 cm³/mol. The molecule has 0 aliphatic carbocycles. The first-order valence-electron chi connectivity index (χ1n) is 7.14. The van der Waals surface area contributed by atoms with E-state index in [9.17, 15) is 4.79 Å². The third kappa shape index (κ3) is 3.76. The van der Waals surface area contributed by atoms with E-state index in [0.29, 0.717) is 0 Å². The van der Waals surface area contributed by atoms with Gasteiger partial charge in [0.2, 0.25) is 5.91 Å². The van der Waals surface area contributed by atoms with E-state index >= 15 is 0 Å². The van der Waals surface area contributed by atoms with Crippen molar-refractivity contribution in [1.82, 2.24) is 4.98 Å². The lowest BCUT2D eigenvalue weighted by Gasteiger charge is -2.02. The molecule has 5 heteroatoms. The summed E-state index contributed by atoms with van der Waals surface area (Å²) in [5, 5.41) is 3.88. The summed E-state index contributed by atoms with van der Waals surface area (Å²) in [7, 11) is 1.62. The van der Waals surface area contributed by atoms with Gasteiger partial charge in [-0.05, 0) is 48.9 Å². The van der Waals surface area contributed by atoms with Crippen LogP contribution in [-0.4, -0.2) is 18.0 Å². The zero-order valence-corrected chi connectivity index (χ0v) is 13.7. The Morgan fingerprint density at radius 2 is 2.13 bits per heavy atom. The molecule has 0 fully saturated rings. The molecule has 0 radical (unpaired) electrons. The molecule has 0 saturated heterocycles. The number of aromatic nitrogens is 1. The molecule has 1 aromatic heterocycles. The molecule has 0 aliphatic rings. The Labute approximate surface area is 138 Å². The van der Waals surface area contributed by atoms with Crippen LogP contribution in [0.2, 0.25) is 0 Å². The quantitative estimate of drug-likeness (QED) is 0.729. The molecule has 0 aliphatic heterocycles. The van der Waals surface area contributed by atoms with E-state index in [1.54, 1.807) is 24.5 Å². The molecule has 0 bridgehead atoms. The number of hydrogen-bond acceptors (Lipinski definition) is 4. The summed E-state index contributed by atoms with van der Waals surface area (Å²) in [6, 6.07) is 13.3. The van der Waals surface area contributed by atoms with E-state index in [-0.39, 0.29) is 5.91 Å². The van der Waals surface area contributed by atoms with Crippen molar-refractivity contribution >= 4 is 39.2 Å². The number of methoxy groups -OCH3 is 1. The number of nitrogens with zero attached hydrogens (tertiary/aromatic N) is 1. The average molecular weight is 324 g/mol. The van der Waals surface area contributed by atoms with Gasteiger partial charge in [-0.2, -0.15) is 0 Å². The van der Waals surface area contributed by atoms with Gasteiger partial charge >= 0.3 is 0 Å². The first-order chi connectivity index (χ1) is 11.1. The fourth-order valence-corrected chi connectivity index (χ4v) is 3.09. The standard InChI is InChI=1S/C18H16N2O2S/c1-12-19-16-8-7-14(11-17(16)23-12)20-18(21)9-6-13-4-3-5-15(10-13)22-2/h3-11H,1-2H3,(H,20,21)/b9-6+. The highest BCUT2D eigenvalue weighted by Crippen LogP contribution is 2.24. The highest BCUT2D eigenvalue weighted by Gasteiger charge is 2.03. The van der Waals surface area contributed by atoms with Gasteiger partial charge in [0.1, 0.15) is 5.75 Å². The van der Waals surface area contributed by atoms with Crippen molar-refractivity contribution in [2.24, 2.45) is 0 Å². The Morgan fingerprint density at radius 1 is 1.26 bits per heavy atom. The Morgan fingerprint density at radius 3 is 2.96 bits per heavy atom. The van der Waals surface area contributed by atoms with Gasteiger partial charge in [-0.3, -0.25) is 4.79 Å². The van der Waals surface area contributed by atoms with E-state index in [1.165, 1.54) is 6.08 Å². The number of nitrogens with one attached hydrogen (secondary N) is 1. The molecule has 116 valence electrons. The Hall–Kier alpha value is -2.66.